The van der Waals surface area contributed by atoms with Crippen molar-refractivity contribution >= 4 is 17.2 Å². The molecule has 0 saturated heterocycles. The number of fused-ring (bicyclic) bond motifs is 1. The zero-order chi connectivity index (χ0) is 11.2. The molecule has 0 radical (unpaired) electrons. The number of halogens is 2. The van der Waals surface area contributed by atoms with Crippen LogP contribution in [0, 0.1) is 12.7 Å². The molecule has 1 N–H and O–H groups in total. The summed E-state index contributed by atoms with van der Waals surface area (Å²) in [5.41, 5.74) is 1.68. The van der Waals surface area contributed by atoms with E-state index in [1.807, 2.05) is 0 Å². The summed E-state index contributed by atoms with van der Waals surface area (Å²) in [4.78, 5) is 4.18. The van der Waals surface area contributed by atoms with Crippen LogP contribution in [0.5, 0.6) is 0 Å². The van der Waals surface area contributed by atoms with Crippen molar-refractivity contribution in [2.75, 3.05) is 0 Å². The predicted molar refractivity (Wildman–Crippen MR) is 55.5 cm³/mol. The summed E-state index contributed by atoms with van der Waals surface area (Å²) in [5, 5.41) is 9.79. The Balaban J connectivity index is 2.86. The van der Waals surface area contributed by atoms with E-state index in [0.29, 0.717) is 17.0 Å². The summed E-state index contributed by atoms with van der Waals surface area (Å²) in [6, 6.07) is 1.20. The van der Waals surface area contributed by atoms with Crippen molar-refractivity contribution in [3.05, 3.63) is 34.5 Å². The smallest absolute Gasteiger partial charge is 0.156 e. The van der Waals surface area contributed by atoms with Crippen LogP contribution in [0.2, 0.25) is 5.02 Å². The molecule has 0 spiro atoms. The van der Waals surface area contributed by atoms with E-state index in [2.05, 4.69) is 4.98 Å². The van der Waals surface area contributed by atoms with E-state index in [4.69, 9.17) is 11.6 Å². The molecule has 0 fully saturated rings. The Hall–Kier alpha value is -1.13. The Bertz CT molecular complexity index is 522. The molecule has 5 heteroatoms. The lowest BCUT2D eigenvalue weighted by atomic mass is 10.2. The molecule has 0 aromatic carbocycles. The highest BCUT2D eigenvalue weighted by Crippen LogP contribution is 2.24. The maximum Gasteiger partial charge on any atom is 0.156 e. The Kier molecular flexibility index (Phi) is 2.40. The van der Waals surface area contributed by atoms with Gasteiger partial charge in [-0.3, -0.25) is 4.40 Å². The van der Waals surface area contributed by atoms with Crippen molar-refractivity contribution in [2.24, 2.45) is 0 Å². The number of rotatable bonds is 1. The van der Waals surface area contributed by atoms with E-state index in [0.717, 1.165) is 0 Å². The fourth-order valence-corrected chi connectivity index (χ4v) is 1.94. The number of hydrogen-bond donors (Lipinski definition) is 1. The van der Waals surface area contributed by atoms with Gasteiger partial charge >= 0.3 is 0 Å². The molecule has 1 unspecified atom stereocenters. The van der Waals surface area contributed by atoms with Crippen LogP contribution < -0.4 is 0 Å². The molecule has 3 nitrogen and oxygen atoms in total. The molecule has 0 amide bonds. The number of aliphatic hydroxyl groups excluding tert-OH is 1. The Morgan fingerprint density at radius 3 is 2.87 bits per heavy atom. The van der Waals surface area contributed by atoms with Crippen LogP contribution >= 0.6 is 11.6 Å². The van der Waals surface area contributed by atoms with Gasteiger partial charge in [-0.25, -0.2) is 9.37 Å². The SMILES string of the molecule is Cc1nc2c(Cl)cc(F)cn2c1C(C)O. The third-order valence-corrected chi connectivity index (χ3v) is 2.54. The minimum atomic E-state index is -0.710. The lowest BCUT2D eigenvalue weighted by molar-refractivity contribution is 0.192. The van der Waals surface area contributed by atoms with E-state index < -0.39 is 11.9 Å². The molecule has 15 heavy (non-hydrogen) atoms. The van der Waals surface area contributed by atoms with Crippen LogP contribution in [-0.4, -0.2) is 14.5 Å². The molecule has 0 aliphatic carbocycles. The van der Waals surface area contributed by atoms with Crippen LogP contribution in [-0.2, 0) is 0 Å². The average molecular weight is 229 g/mol. The average Bonchev–Trinajstić information content (AvgIpc) is 2.41. The topological polar surface area (TPSA) is 37.5 Å². The van der Waals surface area contributed by atoms with Gasteiger partial charge in [0.05, 0.1) is 22.5 Å². The van der Waals surface area contributed by atoms with Crippen molar-refractivity contribution in [2.45, 2.75) is 20.0 Å². The quantitative estimate of drug-likeness (QED) is 0.814. The van der Waals surface area contributed by atoms with Gasteiger partial charge in [-0.2, -0.15) is 0 Å². The highest BCUT2D eigenvalue weighted by Gasteiger charge is 2.15. The highest BCUT2D eigenvalue weighted by molar-refractivity contribution is 6.33. The molecular formula is C10H10ClFN2O. The van der Waals surface area contributed by atoms with E-state index in [1.165, 1.54) is 16.7 Å². The lowest BCUT2D eigenvalue weighted by Gasteiger charge is -2.05. The first kappa shape index (κ1) is 10.4. The van der Waals surface area contributed by atoms with Gasteiger partial charge in [-0.1, -0.05) is 11.6 Å². The van der Waals surface area contributed by atoms with E-state index in [-0.39, 0.29) is 5.02 Å². The molecule has 2 heterocycles. The van der Waals surface area contributed by atoms with Gasteiger partial charge in [-0.05, 0) is 19.9 Å². The summed E-state index contributed by atoms with van der Waals surface area (Å²) in [6.07, 6.45) is 0.557. The predicted octanol–water partition coefficient (Wildman–Crippen LogP) is 2.49. The first-order chi connectivity index (χ1) is 7.00. The molecule has 2 aromatic rings. The van der Waals surface area contributed by atoms with Crippen molar-refractivity contribution in [3.63, 3.8) is 0 Å². The third-order valence-electron chi connectivity index (χ3n) is 2.26. The fraction of sp³-hybridized carbons (Fsp3) is 0.300. The molecule has 0 aliphatic rings. The second-order valence-electron chi connectivity index (χ2n) is 3.46. The van der Waals surface area contributed by atoms with Crippen molar-refractivity contribution in [1.29, 1.82) is 0 Å². The largest absolute Gasteiger partial charge is 0.387 e. The van der Waals surface area contributed by atoms with Gasteiger partial charge in [0, 0.05) is 6.20 Å². The van der Waals surface area contributed by atoms with Gasteiger partial charge < -0.3 is 5.11 Å². The molecule has 0 aliphatic heterocycles. The van der Waals surface area contributed by atoms with E-state index in [9.17, 15) is 9.50 Å². The molecule has 0 bridgehead atoms. The number of nitrogens with zero attached hydrogens (tertiary/aromatic N) is 2. The number of aliphatic hydroxyl groups is 1. The molecule has 2 aromatic heterocycles. The Morgan fingerprint density at radius 2 is 2.27 bits per heavy atom. The lowest BCUT2D eigenvalue weighted by Crippen LogP contribution is -2.00. The van der Waals surface area contributed by atoms with Gasteiger partial charge in [0.25, 0.3) is 0 Å². The van der Waals surface area contributed by atoms with E-state index >= 15 is 0 Å². The number of aromatic nitrogens is 2. The first-order valence-corrected chi connectivity index (χ1v) is 4.90. The maximum absolute atomic E-state index is 13.1. The third kappa shape index (κ3) is 1.60. The second-order valence-corrected chi connectivity index (χ2v) is 3.87. The summed E-state index contributed by atoms with van der Waals surface area (Å²) in [7, 11) is 0. The molecule has 80 valence electrons. The van der Waals surface area contributed by atoms with Crippen LogP contribution in [0.25, 0.3) is 5.65 Å². The fourth-order valence-electron chi connectivity index (χ4n) is 1.71. The molecule has 1 atom stereocenters. The standard InChI is InChI=1S/C10H10ClFN2O/c1-5-9(6(2)15)14-4-7(12)3-8(11)10(14)13-5/h3-4,6,15H,1-2H3. The van der Waals surface area contributed by atoms with Crippen molar-refractivity contribution < 1.29 is 9.50 Å². The number of imidazole rings is 1. The highest BCUT2D eigenvalue weighted by atomic mass is 35.5. The molecular weight excluding hydrogens is 219 g/mol. The maximum atomic E-state index is 13.1. The first-order valence-electron chi connectivity index (χ1n) is 4.52. The summed E-state index contributed by atoms with van der Waals surface area (Å²) in [5.74, 6) is -0.452. The monoisotopic (exact) mass is 228 g/mol. The summed E-state index contributed by atoms with van der Waals surface area (Å²) >= 11 is 5.85. The van der Waals surface area contributed by atoms with Gasteiger partial charge in [0.15, 0.2) is 5.65 Å². The Morgan fingerprint density at radius 1 is 1.60 bits per heavy atom. The summed E-state index contributed by atoms with van der Waals surface area (Å²) in [6.45, 7) is 3.36. The van der Waals surface area contributed by atoms with Crippen LogP contribution in [0.1, 0.15) is 24.4 Å². The van der Waals surface area contributed by atoms with Crippen LogP contribution in [0.3, 0.4) is 0 Å². The number of hydrogen-bond acceptors (Lipinski definition) is 2. The van der Waals surface area contributed by atoms with Crippen LogP contribution in [0.4, 0.5) is 4.39 Å². The molecule has 2 rings (SSSR count). The minimum Gasteiger partial charge on any atom is -0.387 e. The van der Waals surface area contributed by atoms with Gasteiger partial charge in [0.1, 0.15) is 5.82 Å². The number of aryl methyl sites for hydroxylation is 1. The second kappa shape index (κ2) is 3.47. The zero-order valence-corrected chi connectivity index (χ0v) is 9.09. The Labute approximate surface area is 91.1 Å². The van der Waals surface area contributed by atoms with Crippen LogP contribution in [0.15, 0.2) is 12.3 Å². The molecule has 0 saturated carbocycles. The van der Waals surface area contributed by atoms with Crippen molar-refractivity contribution in [1.82, 2.24) is 9.38 Å². The van der Waals surface area contributed by atoms with E-state index in [1.54, 1.807) is 13.8 Å². The normalized spacial score (nSPS) is 13.4. The van der Waals surface area contributed by atoms with Gasteiger partial charge in [-0.15, -0.1) is 0 Å². The van der Waals surface area contributed by atoms with Gasteiger partial charge in [0.2, 0.25) is 0 Å². The van der Waals surface area contributed by atoms with Crippen molar-refractivity contribution in [3.8, 4) is 0 Å². The zero-order valence-electron chi connectivity index (χ0n) is 8.33. The summed E-state index contributed by atoms with van der Waals surface area (Å²) < 4.78 is 14.6. The number of pyridine rings is 1. The minimum absolute atomic E-state index is 0.241.